The summed E-state index contributed by atoms with van der Waals surface area (Å²) < 4.78 is 12.1. The fraction of sp³-hybridized carbons (Fsp3) is 0.0870. The number of carbonyl (C=O) groups is 1. The second kappa shape index (κ2) is 10.1. The van der Waals surface area contributed by atoms with Gasteiger partial charge in [0.15, 0.2) is 11.5 Å². The Morgan fingerprint density at radius 3 is 2.62 bits per heavy atom. The molecule has 1 N–H and O–H groups in total. The summed E-state index contributed by atoms with van der Waals surface area (Å²) in [7, 11) is 1.58. The predicted molar refractivity (Wildman–Crippen MR) is 121 cm³/mol. The van der Waals surface area contributed by atoms with E-state index < -0.39 is 0 Å². The molecule has 0 aliphatic carbocycles. The van der Waals surface area contributed by atoms with Crippen molar-refractivity contribution in [2.45, 2.75) is 6.61 Å². The molecule has 4 nitrogen and oxygen atoms in total. The smallest absolute Gasteiger partial charge is 0.248 e. The van der Waals surface area contributed by atoms with Crippen molar-refractivity contribution >= 4 is 45.2 Å². The molecule has 0 saturated carbocycles. The Labute approximate surface area is 183 Å². The fourth-order valence-corrected chi connectivity index (χ4v) is 3.39. The van der Waals surface area contributed by atoms with Crippen LogP contribution in [-0.2, 0) is 11.4 Å². The lowest BCUT2D eigenvalue weighted by atomic mass is 10.2. The van der Waals surface area contributed by atoms with E-state index in [0.29, 0.717) is 28.8 Å². The number of benzene rings is 3. The summed E-state index contributed by atoms with van der Waals surface area (Å²) in [6.45, 7) is 0.424. The Kier molecular flexibility index (Phi) is 7.33. The molecule has 0 heterocycles. The van der Waals surface area contributed by atoms with E-state index in [1.165, 1.54) is 6.08 Å². The normalized spacial score (nSPS) is 10.7. The van der Waals surface area contributed by atoms with Gasteiger partial charge in [-0.3, -0.25) is 4.79 Å². The molecule has 29 heavy (non-hydrogen) atoms. The van der Waals surface area contributed by atoms with Crippen LogP contribution >= 0.6 is 27.5 Å². The molecule has 0 spiro atoms. The third kappa shape index (κ3) is 6.11. The minimum Gasteiger partial charge on any atom is -0.493 e. The minimum atomic E-state index is -0.258. The van der Waals surface area contributed by atoms with Gasteiger partial charge in [-0.1, -0.05) is 48.0 Å². The molecular weight excluding hydrogens is 454 g/mol. The van der Waals surface area contributed by atoms with Crippen molar-refractivity contribution < 1.29 is 14.3 Å². The molecule has 0 aliphatic heterocycles. The molecule has 3 rings (SSSR count). The van der Waals surface area contributed by atoms with Crippen LogP contribution in [0.15, 0.2) is 77.3 Å². The van der Waals surface area contributed by atoms with Crippen LogP contribution in [-0.4, -0.2) is 13.0 Å². The number of hydrogen-bond donors (Lipinski definition) is 1. The van der Waals surface area contributed by atoms with Gasteiger partial charge in [0.2, 0.25) is 5.91 Å². The monoisotopic (exact) mass is 471 g/mol. The van der Waals surface area contributed by atoms with E-state index in [1.54, 1.807) is 37.5 Å². The number of amides is 1. The zero-order valence-electron chi connectivity index (χ0n) is 15.7. The molecule has 0 aromatic heterocycles. The van der Waals surface area contributed by atoms with Crippen molar-refractivity contribution in [3.05, 3.63) is 93.4 Å². The average Bonchev–Trinajstić information content (AvgIpc) is 2.72. The van der Waals surface area contributed by atoms with Crippen molar-refractivity contribution in [2.24, 2.45) is 0 Å². The quantitative estimate of drug-likeness (QED) is 0.408. The number of carbonyl (C=O) groups excluding carboxylic acids is 1. The van der Waals surface area contributed by atoms with E-state index in [0.717, 1.165) is 15.6 Å². The fourth-order valence-electron chi connectivity index (χ4n) is 2.63. The molecule has 0 atom stereocenters. The van der Waals surface area contributed by atoms with Gasteiger partial charge in [0.25, 0.3) is 0 Å². The highest BCUT2D eigenvalue weighted by Gasteiger charge is 2.11. The number of halogens is 2. The van der Waals surface area contributed by atoms with Gasteiger partial charge < -0.3 is 14.8 Å². The van der Waals surface area contributed by atoms with E-state index in [9.17, 15) is 4.79 Å². The molecule has 0 fully saturated rings. The van der Waals surface area contributed by atoms with Crippen LogP contribution in [0.1, 0.15) is 11.1 Å². The second-order valence-corrected chi connectivity index (χ2v) is 7.43. The maximum Gasteiger partial charge on any atom is 0.248 e. The van der Waals surface area contributed by atoms with Gasteiger partial charge in [0.05, 0.1) is 11.6 Å². The maximum absolute atomic E-state index is 12.2. The van der Waals surface area contributed by atoms with Crippen LogP contribution in [0, 0.1) is 0 Å². The van der Waals surface area contributed by atoms with Crippen molar-refractivity contribution in [2.75, 3.05) is 12.4 Å². The Morgan fingerprint density at radius 1 is 1.10 bits per heavy atom. The zero-order chi connectivity index (χ0) is 20.6. The van der Waals surface area contributed by atoms with Crippen LogP contribution in [0.4, 0.5) is 5.69 Å². The third-order valence-corrected chi connectivity index (χ3v) is 4.82. The largest absolute Gasteiger partial charge is 0.493 e. The molecule has 1 amide bonds. The van der Waals surface area contributed by atoms with Crippen molar-refractivity contribution in [3.8, 4) is 11.5 Å². The molecule has 148 valence electrons. The topological polar surface area (TPSA) is 47.6 Å². The summed E-state index contributed by atoms with van der Waals surface area (Å²) in [5, 5.41) is 3.33. The molecule has 6 heteroatoms. The molecule has 3 aromatic carbocycles. The summed E-state index contributed by atoms with van der Waals surface area (Å²) in [4.78, 5) is 12.2. The molecule has 0 unspecified atom stereocenters. The van der Waals surface area contributed by atoms with E-state index in [2.05, 4.69) is 21.2 Å². The first-order valence-electron chi connectivity index (χ1n) is 8.84. The third-order valence-electron chi connectivity index (χ3n) is 4.00. The highest BCUT2D eigenvalue weighted by atomic mass is 79.9. The summed E-state index contributed by atoms with van der Waals surface area (Å²) in [6.07, 6.45) is 3.15. The number of nitrogens with one attached hydrogen (secondary N) is 1. The van der Waals surface area contributed by atoms with Crippen LogP contribution in [0.5, 0.6) is 11.5 Å². The lowest BCUT2D eigenvalue weighted by Gasteiger charge is -2.13. The molecule has 0 aliphatic rings. The van der Waals surface area contributed by atoms with Gasteiger partial charge in [0.1, 0.15) is 6.61 Å². The number of anilines is 1. The van der Waals surface area contributed by atoms with E-state index >= 15 is 0 Å². The lowest BCUT2D eigenvalue weighted by molar-refractivity contribution is -0.111. The standard InChI is InChI=1S/C23H19BrClNO3/c1-28-21-13-17(10-11-22(27)26-19-9-5-8-18(25)14-19)12-20(24)23(21)29-15-16-6-3-2-4-7-16/h2-14H,15H2,1H3,(H,26,27)/b11-10+. The van der Waals surface area contributed by atoms with Gasteiger partial charge in [-0.05, 0) is 63.5 Å². The van der Waals surface area contributed by atoms with E-state index in [4.69, 9.17) is 21.1 Å². The average molecular weight is 473 g/mol. The second-order valence-electron chi connectivity index (χ2n) is 6.14. The van der Waals surface area contributed by atoms with Crippen molar-refractivity contribution in [3.63, 3.8) is 0 Å². The Morgan fingerprint density at radius 2 is 1.90 bits per heavy atom. The highest BCUT2D eigenvalue weighted by Crippen LogP contribution is 2.37. The molecular formula is C23H19BrClNO3. The summed E-state index contributed by atoms with van der Waals surface area (Å²) in [5.41, 5.74) is 2.49. The first-order chi connectivity index (χ1) is 14.0. The number of hydrogen-bond acceptors (Lipinski definition) is 3. The number of ether oxygens (including phenoxy) is 2. The first kappa shape index (κ1) is 21.0. The summed E-state index contributed by atoms with van der Waals surface area (Å²) in [6, 6.07) is 20.6. The molecule has 0 radical (unpaired) electrons. The van der Waals surface area contributed by atoms with Crippen LogP contribution < -0.4 is 14.8 Å². The number of rotatable bonds is 7. The Balaban J connectivity index is 1.70. The van der Waals surface area contributed by atoms with Gasteiger partial charge >= 0.3 is 0 Å². The number of methoxy groups -OCH3 is 1. The Hall–Kier alpha value is -2.76. The minimum absolute atomic E-state index is 0.258. The Bertz CT molecular complexity index is 1020. The van der Waals surface area contributed by atoms with Gasteiger partial charge in [-0.2, -0.15) is 0 Å². The zero-order valence-corrected chi connectivity index (χ0v) is 18.0. The highest BCUT2D eigenvalue weighted by molar-refractivity contribution is 9.10. The van der Waals surface area contributed by atoms with Crippen LogP contribution in [0.25, 0.3) is 6.08 Å². The molecule has 0 saturated heterocycles. The predicted octanol–water partition coefficient (Wildman–Crippen LogP) is 6.34. The van der Waals surface area contributed by atoms with Gasteiger partial charge in [-0.15, -0.1) is 0 Å². The van der Waals surface area contributed by atoms with Gasteiger partial charge in [0, 0.05) is 16.8 Å². The maximum atomic E-state index is 12.2. The first-order valence-corrected chi connectivity index (χ1v) is 10.0. The van der Waals surface area contributed by atoms with Crippen LogP contribution in [0.3, 0.4) is 0 Å². The van der Waals surface area contributed by atoms with Crippen molar-refractivity contribution in [1.29, 1.82) is 0 Å². The molecule has 3 aromatic rings. The summed E-state index contributed by atoms with van der Waals surface area (Å²) >= 11 is 9.46. The van der Waals surface area contributed by atoms with Crippen molar-refractivity contribution in [1.82, 2.24) is 0 Å². The summed E-state index contributed by atoms with van der Waals surface area (Å²) in [5.74, 6) is 0.925. The molecule has 0 bridgehead atoms. The SMILES string of the molecule is COc1cc(/C=C/C(=O)Nc2cccc(Cl)c2)cc(Br)c1OCc1ccccc1. The van der Waals surface area contributed by atoms with E-state index in [-0.39, 0.29) is 5.91 Å². The van der Waals surface area contributed by atoms with Gasteiger partial charge in [-0.25, -0.2) is 0 Å². The van der Waals surface area contributed by atoms with Crippen LogP contribution in [0.2, 0.25) is 5.02 Å². The lowest BCUT2D eigenvalue weighted by Crippen LogP contribution is -2.07. The van der Waals surface area contributed by atoms with E-state index in [1.807, 2.05) is 42.5 Å².